The first-order chi connectivity index (χ1) is 9.06. The fourth-order valence-corrected chi connectivity index (χ4v) is 2.78. The Morgan fingerprint density at radius 2 is 2.42 bits per heavy atom. The van der Waals surface area contributed by atoms with Crippen LogP contribution in [-0.2, 0) is 18.4 Å². The zero-order valence-corrected chi connectivity index (χ0v) is 11.9. The van der Waals surface area contributed by atoms with Gasteiger partial charge in [-0.3, -0.25) is 9.69 Å². The molecule has 1 aromatic rings. The van der Waals surface area contributed by atoms with Crippen LogP contribution in [0.15, 0.2) is 6.20 Å². The lowest BCUT2D eigenvalue weighted by Gasteiger charge is -2.32. The molecular weight excluding hydrogens is 266 g/mol. The number of hydrogen-bond donors (Lipinski definition) is 1. The van der Waals surface area contributed by atoms with Crippen LogP contribution >= 0.6 is 11.6 Å². The summed E-state index contributed by atoms with van der Waals surface area (Å²) >= 11 is 5.98. The molecule has 1 N–H and O–H groups in total. The topological polar surface area (TPSA) is 58.4 Å². The van der Waals surface area contributed by atoms with Gasteiger partial charge in [-0.2, -0.15) is 0 Å². The van der Waals surface area contributed by atoms with Gasteiger partial charge in [0, 0.05) is 20.0 Å². The van der Waals surface area contributed by atoms with Crippen molar-refractivity contribution >= 4 is 17.6 Å². The van der Waals surface area contributed by atoms with E-state index in [2.05, 4.69) is 9.88 Å². The Balaban J connectivity index is 1.87. The summed E-state index contributed by atoms with van der Waals surface area (Å²) in [5, 5.41) is 9.39. The minimum absolute atomic E-state index is 0.271. The van der Waals surface area contributed by atoms with Gasteiger partial charge in [0.1, 0.15) is 11.0 Å². The van der Waals surface area contributed by atoms with E-state index in [-0.39, 0.29) is 6.42 Å². The first-order valence-corrected chi connectivity index (χ1v) is 7.04. The summed E-state index contributed by atoms with van der Waals surface area (Å²) in [5.74, 6) is 0.748. The van der Waals surface area contributed by atoms with Crippen molar-refractivity contribution in [1.29, 1.82) is 0 Å². The monoisotopic (exact) mass is 285 g/mol. The van der Waals surface area contributed by atoms with E-state index in [0.717, 1.165) is 44.7 Å². The lowest BCUT2D eigenvalue weighted by Crippen LogP contribution is -2.35. The average Bonchev–Trinajstić information content (AvgIpc) is 2.69. The smallest absolute Gasteiger partial charge is 0.303 e. The van der Waals surface area contributed by atoms with Crippen LogP contribution in [0.5, 0.6) is 0 Å². The van der Waals surface area contributed by atoms with Gasteiger partial charge >= 0.3 is 5.97 Å². The molecule has 0 saturated carbocycles. The SMILES string of the molecule is Cn1c(Cl)cnc1CN1CCCC(CCC(=O)O)C1. The molecule has 0 aromatic carbocycles. The Labute approximate surface area is 118 Å². The van der Waals surface area contributed by atoms with E-state index in [9.17, 15) is 4.79 Å². The summed E-state index contributed by atoms with van der Waals surface area (Å²) in [5.41, 5.74) is 0. The zero-order valence-electron chi connectivity index (χ0n) is 11.2. The van der Waals surface area contributed by atoms with Crippen LogP contribution in [0, 0.1) is 5.92 Å². The Hall–Kier alpha value is -1.07. The molecule has 6 heteroatoms. The van der Waals surface area contributed by atoms with Crippen molar-refractivity contribution in [2.75, 3.05) is 13.1 Å². The minimum atomic E-state index is -0.701. The van der Waals surface area contributed by atoms with Gasteiger partial charge in [0.2, 0.25) is 0 Å². The molecule has 2 heterocycles. The summed E-state index contributed by atoms with van der Waals surface area (Å²) in [4.78, 5) is 17.3. The number of carboxylic acids is 1. The predicted octanol–water partition coefficient (Wildman–Crippen LogP) is 2.15. The molecule has 5 nitrogen and oxygen atoms in total. The molecule has 2 rings (SSSR count). The first kappa shape index (κ1) is 14.3. The van der Waals surface area contributed by atoms with Gasteiger partial charge in [0.05, 0.1) is 12.7 Å². The molecule has 0 amide bonds. The van der Waals surface area contributed by atoms with Crippen LogP contribution in [0.1, 0.15) is 31.5 Å². The van der Waals surface area contributed by atoms with Gasteiger partial charge in [0.25, 0.3) is 0 Å². The van der Waals surface area contributed by atoms with Crippen molar-refractivity contribution in [3.05, 3.63) is 17.2 Å². The lowest BCUT2D eigenvalue weighted by atomic mass is 9.93. The van der Waals surface area contributed by atoms with Crippen molar-refractivity contribution in [2.24, 2.45) is 13.0 Å². The minimum Gasteiger partial charge on any atom is -0.481 e. The van der Waals surface area contributed by atoms with Crippen molar-refractivity contribution in [3.63, 3.8) is 0 Å². The summed E-state index contributed by atoms with van der Waals surface area (Å²) in [7, 11) is 1.91. The summed E-state index contributed by atoms with van der Waals surface area (Å²) in [6.07, 6.45) is 4.97. The summed E-state index contributed by atoms with van der Waals surface area (Å²) < 4.78 is 1.89. The zero-order chi connectivity index (χ0) is 13.8. The van der Waals surface area contributed by atoms with E-state index in [1.165, 1.54) is 0 Å². The molecule has 0 radical (unpaired) electrons. The molecule has 1 aromatic heterocycles. The molecule has 19 heavy (non-hydrogen) atoms. The predicted molar refractivity (Wildman–Crippen MR) is 73.1 cm³/mol. The summed E-state index contributed by atoms with van der Waals surface area (Å²) in [6.45, 7) is 2.79. The lowest BCUT2D eigenvalue weighted by molar-refractivity contribution is -0.137. The molecule has 0 aliphatic carbocycles. The normalized spacial score (nSPS) is 20.6. The highest BCUT2D eigenvalue weighted by atomic mass is 35.5. The van der Waals surface area contributed by atoms with E-state index >= 15 is 0 Å². The number of halogens is 1. The quantitative estimate of drug-likeness (QED) is 0.901. The Kier molecular flexibility index (Phi) is 4.82. The third kappa shape index (κ3) is 3.94. The van der Waals surface area contributed by atoms with E-state index in [1.807, 2.05) is 11.6 Å². The highest BCUT2D eigenvalue weighted by Crippen LogP contribution is 2.22. The van der Waals surface area contributed by atoms with Crippen LogP contribution in [0.4, 0.5) is 0 Å². The fraction of sp³-hybridized carbons (Fsp3) is 0.692. The highest BCUT2D eigenvalue weighted by molar-refractivity contribution is 6.29. The number of aliphatic carboxylic acids is 1. The number of carbonyl (C=O) groups is 1. The third-order valence-corrected chi connectivity index (χ3v) is 4.11. The molecular formula is C13H20ClN3O2. The highest BCUT2D eigenvalue weighted by Gasteiger charge is 2.21. The number of carboxylic acid groups (broad SMARTS) is 1. The average molecular weight is 286 g/mol. The van der Waals surface area contributed by atoms with E-state index in [4.69, 9.17) is 16.7 Å². The molecule has 1 unspecified atom stereocenters. The van der Waals surface area contributed by atoms with Gasteiger partial charge in [-0.05, 0) is 31.7 Å². The second-order valence-electron chi connectivity index (χ2n) is 5.23. The Morgan fingerprint density at radius 3 is 3.05 bits per heavy atom. The van der Waals surface area contributed by atoms with Crippen molar-refractivity contribution < 1.29 is 9.90 Å². The molecule has 1 aliphatic rings. The van der Waals surface area contributed by atoms with Crippen LogP contribution in [-0.4, -0.2) is 38.6 Å². The maximum absolute atomic E-state index is 10.6. The second kappa shape index (κ2) is 6.39. The number of nitrogens with zero attached hydrogens (tertiary/aromatic N) is 3. The van der Waals surface area contributed by atoms with Crippen LogP contribution < -0.4 is 0 Å². The van der Waals surface area contributed by atoms with Gasteiger partial charge < -0.3 is 9.67 Å². The van der Waals surface area contributed by atoms with Crippen LogP contribution in [0.3, 0.4) is 0 Å². The van der Waals surface area contributed by atoms with Crippen molar-refractivity contribution in [1.82, 2.24) is 14.5 Å². The van der Waals surface area contributed by atoms with Gasteiger partial charge in [-0.25, -0.2) is 4.98 Å². The third-order valence-electron chi connectivity index (χ3n) is 3.76. The van der Waals surface area contributed by atoms with Gasteiger partial charge in [0.15, 0.2) is 0 Å². The molecule has 1 aliphatic heterocycles. The molecule has 0 bridgehead atoms. The van der Waals surface area contributed by atoms with Gasteiger partial charge in [-0.1, -0.05) is 11.6 Å². The first-order valence-electron chi connectivity index (χ1n) is 6.66. The fourth-order valence-electron chi connectivity index (χ4n) is 2.63. The Morgan fingerprint density at radius 1 is 1.63 bits per heavy atom. The number of piperidine rings is 1. The Bertz CT molecular complexity index is 447. The number of likely N-dealkylation sites (tertiary alicyclic amines) is 1. The largest absolute Gasteiger partial charge is 0.481 e. The number of aromatic nitrogens is 2. The number of rotatable bonds is 5. The van der Waals surface area contributed by atoms with Crippen LogP contribution in [0.25, 0.3) is 0 Å². The van der Waals surface area contributed by atoms with E-state index < -0.39 is 5.97 Å². The van der Waals surface area contributed by atoms with Crippen molar-refractivity contribution in [2.45, 2.75) is 32.2 Å². The van der Waals surface area contributed by atoms with Gasteiger partial charge in [-0.15, -0.1) is 0 Å². The molecule has 1 fully saturated rings. The van der Waals surface area contributed by atoms with Crippen LogP contribution in [0.2, 0.25) is 5.15 Å². The molecule has 106 valence electrons. The van der Waals surface area contributed by atoms with E-state index in [0.29, 0.717) is 11.1 Å². The molecule has 1 saturated heterocycles. The number of hydrogen-bond acceptors (Lipinski definition) is 3. The molecule has 0 spiro atoms. The maximum atomic E-state index is 10.6. The molecule has 1 atom stereocenters. The van der Waals surface area contributed by atoms with E-state index in [1.54, 1.807) is 6.20 Å². The maximum Gasteiger partial charge on any atom is 0.303 e. The standard InChI is InChI=1S/C13H20ClN3O2/c1-16-11(14)7-15-12(16)9-17-6-2-3-10(8-17)4-5-13(18)19/h7,10H,2-6,8-9H2,1H3,(H,18,19). The summed E-state index contributed by atoms with van der Waals surface area (Å²) in [6, 6.07) is 0. The second-order valence-corrected chi connectivity index (χ2v) is 5.62. The van der Waals surface area contributed by atoms with Crippen molar-refractivity contribution in [3.8, 4) is 0 Å². The number of imidazole rings is 1.